The molecule has 0 fully saturated rings. The van der Waals surface area contributed by atoms with Gasteiger partial charge in [-0.15, -0.1) is 0 Å². The number of H-pyrrole nitrogens is 2. The van der Waals surface area contributed by atoms with E-state index in [-0.39, 0.29) is 11.8 Å². The molecule has 3 N–H and O–H groups in total. The lowest BCUT2D eigenvalue weighted by Crippen LogP contribution is -2.14. The first-order valence-electron chi connectivity index (χ1n) is 9.31. The number of para-hydroxylation sites is 1. The van der Waals surface area contributed by atoms with Crippen LogP contribution in [0.4, 0.5) is 5.69 Å². The summed E-state index contributed by atoms with van der Waals surface area (Å²) in [7, 11) is 0. The van der Waals surface area contributed by atoms with E-state index in [0.717, 1.165) is 33.9 Å². The minimum absolute atomic E-state index is 0.129. The molecule has 0 aliphatic carbocycles. The Labute approximate surface area is 163 Å². The van der Waals surface area contributed by atoms with Crippen molar-refractivity contribution >= 4 is 11.6 Å². The van der Waals surface area contributed by atoms with Crippen molar-refractivity contribution in [2.45, 2.75) is 19.8 Å². The Hall–Kier alpha value is -3.60. The second kappa shape index (κ2) is 7.56. The van der Waals surface area contributed by atoms with Crippen LogP contribution >= 0.6 is 0 Å². The number of nitrogens with one attached hydrogen (secondary N) is 3. The van der Waals surface area contributed by atoms with Crippen LogP contribution in [0.2, 0.25) is 0 Å². The SMILES string of the molecule is CC(C)c1[nH]c(-c2cnc[nH]2)c(-c2ccccc2)c1C(=O)Nc1ccccc1. The molecule has 2 aromatic heterocycles. The summed E-state index contributed by atoms with van der Waals surface area (Å²) in [6.07, 6.45) is 3.41. The summed E-state index contributed by atoms with van der Waals surface area (Å²) < 4.78 is 0. The molecule has 1 amide bonds. The van der Waals surface area contributed by atoms with E-state index in [4.69, 9.17) is 0 Å². The molecule has 0 bridgehead atoms. The highest BCUT2D eigenvalue weighted by Gasteiger charge is 2.26. The molecule has 0 saturated heterocycles. The monoisotopic (exact) mass is 370 g/mol. The molecule has 5 heteroatoms. The van der Waals surface area contributed by atoms with Gasteiger partial charge in [0.2, 0.25) is 0 Å². The lowest BCUT2D eigenvalue weighted by Gasteiger charge is -2.11. The molecule has 0 radical (unpaired) electrons. The normalized spacial score (nSPS) is 11.0. The van der Waals surface area contributed by atoms with Crippen LogP contribution in [0.15, 0.2) is 73.2 Å². The summed E-state index contributed by atoms with van der Waals surface area (Å²) in [4.78, 5) is 24.2. The zero-order valence-electron chi connectivity index (χ0n) is 15.9. The fraction of sp³-hybridized carbons (Fsp3) is 0.130. The van der Waals surface area contributed by atoms with Crippen molar-refractivity contribution in [2.75, 3.05) is 5.32 Å². The Morgan fingerprint density at radius 1 is 1.00 bits per heavy atom. The first-order chi connectivity index (χ1) is 13.6. The Morgan fingerprint density at radius 3 is 2.29 bits per heavy atom. The third-order valence-electron chi connectivity index (χ3n) is 4.70. The van der Waals surface area contributed by atoms with Crippen molar-refractivity contribution in [1.29, 1.82) is 0 Å². The van der Waals surface area contributed by atoms with Crippen LogP contribution in [0.25, 0.3) is 22.5 Å². The minimum Gasteiger partial charge on any atom is -0.356 e. The Balaban J connectivity index is 1.91. The number of carbonyl (C=O) groups excluding carboxylic acids is 1. The van der Waals surface area contributed by atoms with E-state index in [0.29, 0.717) is 5.56 Å². The van der Waals surface area contributed by atoms with Crippen molar-refractivity contribution in [3.63, 3.8) is 0 Å². The molecule has 0 unspecified atom stereocenters. The molecule has 4 aromatic rings. The van der Waals surface area contributed by atoms with Crippen LogP contribution in [0.3, 0.4) is 0 Å². The molecule has 5 nitrogen and oxygen atoms in total. The van der Waals surface area contributed by atoms with Crippen molar-refractivity contribution in [3.05, 3.63) is 84.4 Å². The highest BCUT2D eigenvalue weighted by atomic mass is 16.1. The maximum atomic E-state index is 13.4. The van der Waals surface area contributed by atoms with Gasteiger partial charge in [-0.3, -0.25) is 4.79 Å². The van der Waals surface area contributed by atoms with Crippen molar-refractivity contribution in [1.82, 2.24) is 15.0 Å². The molecule has 140 valence electrons. The molecule has 2 aromatic carbocycles. The average Bonchev–Trinajstić information content (AvgIpc) is 3.37. The van der Waals surface area contributed by atoms with Gasteiger partial charge in [0.05, 0.1) is 29.5 Å². The van der Waals surface area contributed by atoms with Gasteiger partial charge in [-0.1, -0.05) is 62.4 Å². The number of nitrogens with zero attached hydrogens (tertiary/aromatic N) is 1. The molecule has 4 rings (SSSR count). The molecule has 28 heavy (non-hydrogen) atoms. The van der Waals surface area contributed by atoms with Crippen LogP contribution in [-0.2, 0) is 0 Å². The predicted octanol–water partition coefficient (Wildman–Crippen LogP) is 5.45. The summed E-state index contributed by atoms with van der Waals surface area (Å²) in [5.41, 5.74) is 5.90. The number of benzene rings is 2. The molecular weight excluding hydrogens is 348 g/mol. The van der Waals surface area contributed by atoms with Crippen molar-refractivity contribution < 1.29 is 4.79 Å². The number of aromatic amines is 2. The van der Waals surface area contributed by atoms with E-state index in [1.807, 2.05) is 60.7 Å². The van der Waals surface area contributed by atoms with Crippen LogP contribution < -0.4 is 5.32 Å². The third kappa shape index (κ3) is 3.34. The number of imidazole rings is 1. The van der Waals surface area contributed by atoms with Crippen LogP contribution in [-0.4, -0.2) is 20.9 Å². The van der Waals surface area contributed by atoms with E-state index < -0.39 is 0 Å². The molecule has 0 spiro atoms. The van der Waals surface area contributed by atoms with Gasteiger partial charge in [-0.05, 0) is 23.6 Å². The summed E-state index contributed by atoms with van der Waals surface area (Å²) in [6, 6.07) is 19.5. The van der Waals surface area contributed by atoms with Gasteiger partial charge in [0.25, 0.3) is 5.91 Å². The number of anilines is 1. The van der Waals surface area contributed by atoms with Gasteiger partial charge in [0.1, 0.15) is 0 Å². The topological polar surface area (TPSA) is 73.6 Å². The summed E-state index contributed by atoms with van der Waals surface area (Å²) >= 11 is 0. The smallest absolute Gasteiger partial charge is 0.258 e. The minimum atomic E-state index is -0.129. The van der Waals surface area contributed by atoms with E-state index >= 15 is 0 Å². The van der Waals surface area contributed by atoms with Gasteiger partial charge in [0.15, 0.2) is 0 Å². The number of aromatic nitrogens is 3. The highest BCUT2D eigenvalue weighted by Crippen LogP contribution is 2.38. The molecule has 2 heterocycles. The van der Waals surface area contributed by atoms with Gasteiger partial charge in [0, 0.05) is 16.9 Å². The zero-order chi connectivity index (χ0) is 19.5. The van der Waals surface area contributed by atoms with E-state index in [1.54, 1.807) is 12.5 Å². The van der Waals surface area contributed by atoms with Gasteiger partial charge in [-0.25, -0.2) is 4.98 Å². The van der Waals surface area contributed by atoms with E-state index in [9.17, 15) is 4.79 Å². The zero-order valence-corrected chi connectivity index (χ0v) is 15.9. The summed E-state index contributed by atoms with van der Waals surface area (Å²) in [5.74, 6) is 0.0198. The Morgan fingerprint density at radius 2 is 1.68 bits per heavy atom. The van der Waals surface area contributed by atoms with Crippen molar-refractivity contribution in [2.24, 2.45) is 0 Å². The summed E-state index contributed by atoms with van der Waals surface area (Å²) in [5, 5.41) is 3.04. The quantitative estimate of drug-likeness (QED) is 0.437. The first kappa shape index (κ1) is 17.8. The Kier molecular flexibility index (Phi) is 4.81. The molecule has 0 saturated carbocycles. The molecule has 0 aliphatic rings. The van der Waals surface area contributed by atoms with Crippen LogP contribution in [0.5, 0.6) is 0 Å². The number of hydrogen-bond donors (Lipinski definition) is 3. The average molecular weight is 370 g/mol. The second-order valence-corrected chi connectivity index (χ2v) is 6.97. The van der Waals surface area contributed by atoms with Gasteiger partial charge >= 0.3 is 0 Å². The van der Waals surface area contributed by atoms with E-state index in [1.165, 1.54) is 0 Å². The number of carbonyl (C=O) groups is 1. The maximum Gasteiger partial charge on any atom is 0.258 e. The predicted molar refractivity (Wildman–Crippen MR) is 112 cm³/mol. The standard InChI is InChI=1S/C23H22N4O/c1-15(2)21-20(23(28)26-17-11-7-4-8-12-17)19(16-9-5-3-6-10-16)22(27-21)18-13-24-14-25-18/h3-15,27H,1-2H3,(H,24,25)(H,26,28). The van der Waals surface area contributed by atoms with Crippen LogP contribution in [0.1, 0.15) is 35.8 Å². The van der Waals surface area contributed by atoms with E-state index in [2.05, 4.69) is 34.1 Å². The maximum absolute atomic E-state index is 13.4. The fourth-order valence-electron chi connectivity index (χ4n) is 3.39. The van der Waals surface area contributed by atoms with Gasteiger partial charge < -0.3 is 15.3 Å². The van der Waals surface area contributed by atoms with Crippen molar-refractivity contribution in [3.8, 4) is 22.5 Å². The van der Waals surface area contributed by atoms with Gasteiger partial charge in [-0.2, -0.15) is 0 Å². The summed E-state index contributed by atoms with van der Waals surface area (Å²) in [6.45, 7) is 4.16. The van der Waals surface area contributed by atoms with Crippen LogP contribution in [0, 0.1) is 0 Å². The number of amides is 1. The highest BCUT2D eigenvalue weighted by molar-refractivity contribution is 6.12. The second-order valence-electron chi connectivity index (χ2n) is 6.97. The third-order valence-corrected chi connectivity index (χ3v) is 4.70. The lowest BCUT2D eigenvalue weighted by molar-refractivity contribution is 0.102. The largest absolute Gasteiger partial charge is 0.356 e. The lowest BCUT2D eigenvalue weighted by atomic mass is 9.95. The Bertz CT molecular complexity index is 1060. The molecular formula is C23H22N4O. The number of hydrogen-bond acceptors (Lipinski definition) is 2. The number of rotatable bonds is 5. The first-order valence-corrected chi connectivity index (χ1v) is 9.31. The molecule has 0 aliphatic heterocycles. The molecule has 0 atom stereocenters. The fourth-order valence-corrected chi connectivity index (χ4v) is 3.39.